The molecule has 0 atom stereocenters. The van der Waals surface area contributed by atoms with Gasteiger partial charge in [0.05, 0.1) is 5.56 Å². The molecule has 2 aromatic carbocycles. The lowest BCUT2D eigenvalue weighted by Gasteiger charge is -2.04. The van der Waals surface area contributed by atoms with Gasteiger partial charge in [-0.25, -0.2) is 4.79 Å². The second-order valence-electron chi connectivity index (χ2n) is 4.25. The zero-order valence-electron chi connectivity index (χ0n) is 10.8. The van der Waals surface area contributed by atoms with Gasteiger partial charge in [-0.15, -0.1) is 0 Å². The third-order valence-electron chi connectivity index (χ3n) is 2.81. The van der Waals surface area contributed by atoms with Crippen LogP contribution in [-0.4, -0.2) is 22.0 Å². The summed E-state index contributed by atoms with van der Waals surface area (Å²) >= 11 is 5.73. The summed E-state index contributed by atoms with van der Waals surface area (Å²) in [7, 11) is 0. The number of ketones is 1. The Kier molecular flexibility index (Phi) is 4.40. The van der Waals surface area contributed by atoms with E-state index in [0.717, 1.165) is 6.08 Å². The smallest absolute Gasteiger partial charge is 0.336 e. The van der Waals surface area contributed by atoms with Gasteiger partial charge < -0.3 is 10.2 Å². The van der Waals surface area contributed by atoms with Crippen LogP contribution in [0.25, 0.3) is 5.76 Å². The van der Waals surface area contributed by atoms with Gasteiger partial charge >= 0.3 is 5.97 Å². The van der Waals surface area contributed by atoms with Crippen molar-refractivity contribution >= 4 is 29.1 Å². The Hall–Kier alpha value is -2.59. The first-order valence-corrected chi connectivity index (χ1v) is 6.40. The molecule has 0 amide bonds. The summed E-state index contributed by atoms with van der Waals surface area (Å²) in [6.07, 6.45) is 0.991. The molecule has 106 valence electrons. The van der Waals surface area contributed by atoms with Crippen molar-refractivity contribution in [2.24, 2.45) is 0 Å². The number of hydrogen-bond acceptors (Lipinski definition) is 3. The number of benzene rings is 2. The third-order valence-corrected chi connectivity index (χ3v) is 3.05. The van der Waals surface area contributed by atoms with Crippen molar-refractivity contribution in [3.8, 4) is 0 Å². The van der Waals surface area contributed by atoms with E-state index in [1.807, 2.05) is 0 Å². The second kappa shape index (κ2) is 6.24. The van der Waals surface area contributed by atoms with Gasteiger partial charge in [0.1, 0.15) is 5.76 Å². The summed E-state index contributed by atoms with van der Waals surface area (Å²) in [4.78, 5) is 23.3. The minimum absolute atomic E-state index is 0.0330. The van der Waals surface area contributed by atoms with Crippen LogP contribution in [0.3, 0.4) is 0 Å². The molecule has 0 aliphatic heterocycles. The Balaban J connectivity index is 2.39. The number of aliphatic hydroxyl groups is 1. The predicted octanol–water partition coefficient (Wildman–Crippen LogP) is 3.82. The Morgan fingerprint density at radius 3 is 2.24 bits per heavy atom. The van der Waals surface area contributed by atoms with Crippen LogP contribution in [0.4, 0.5) is 0 Å². The predicted molar refractivity (Wildman–Crippen MR) is 79.8 cm³/mol. The number of aromatic carboxylic acids is 1. The molecule has 4 nitrogen and oxygen atoms in total. The fraction of sp³-hybridized carbons (Fsp3) is 0. The number of allylic oxidation sites excluding steroid dienone is 1. The van der Waals surface area contributed by atoms with Crippen molar-refractivity contribution in [2.75, 3.05) is 0 Å². The summed E-state index contributed by atoms with van der Waals surface area (Å²) in [6, 6.07) is 12.4. The van der Waals surface area contributed by atoms with Gasteiger partial charge in [-0.3, -0.25) is 4.79 Å². The molecule has 0 saturated heterocycles. The normalized spacial score (nSPS) is 11.2. The molecule has 0 heterocycles. The van der Waals surface area contributed by atoms with Crippen molar-refractivity contribution in [1.29, 1.82) is 0 Å². The first-order chi connectivity index (χ1) is 9.99. The number of carboxylic acids is 1. The molecule has 0 radical (unpaired) electrons. The lowest BCUT2D eigenvalue weighted by molar-refractivity contribution is 0.0693. The molecule has 0 fully saturated rings. The van der Waals surface area contributed by atoms with E-state index in [2.05, 4.69) is 0 Å². The van der Waals surface area contributed by atoms with E-state index in [1.54, 1.807) is 30.3 Å². The summed E-state index contributed by atoms with van der Waals surface area (Å²) < 4.78 is 0. The van der Waals surface area contributed by atoms with Gasteiger partial charge in [0, 0.05) is 22.2 Å². The van der Waals surface area contributed by atoms with Crippen LogP contribution < -0.4 is 0 Å². The molecule has 21 heavy (non-hydrogen) atoms. The van der Waals surface area contributed by atoms with Gasteiger partial charge in [-0.1, -0.05) is 41.9 Å². The zero-order valence-corrected chi connectivity index (χ0v) is 11.5. The van der Waals surface area contributed by atoms with Crippen LogP contribution in [-0.2, 0) is 0 Å². The van der Waals surface area contributed by atoms with Crippen LogP contribution in [0.1, 0.15) is 26.3 Å². The minimum Gasteiger partial charge on any atom is -0.507 e. The molecule has 5 heteroatoms. The molecule has 0 bridgehead atoms. The first kappa shape index (κ1) is 14.8. The third kappa shape index (κ3) is 3.49. The number of aliphatic hydroxyl groups excluding tert-OH is 1. The van der Waals surface area contributed by atoms with Gasteiger partial charge in [0.2, 0.25) is 0 Å². The van der Waals surface area contributed by atoms with Crippen LogP contribution >= 0.6 is 11.6 Å². The summed E-state index contributed by atoms with van der Waals surface area (Å²) in [5.74, 6) is -2.09. The van der Waals surface area contributed by atoms with Gasteiger partial charge in [0.15, 0.2) is 5.78 Å². The lowest BCUT2D eigenvalue weighted by Crippen LogP contribution is -2.07. The van der Waals surface area contributed by atoms with E-state index in [1.165, 1.54) is 18.2 Å². The van der Waals surface area contributed by atoms with Crippen molar-refractivity contribution in [3.05, 3.63) is 76.3 Å². The summed E-state index contributed by atoms with van der Waals surface area (Å²) in [5, 5.41) is 19.2. The maximum absolute atomic E-state index is 12.1. The van der Waals surface area contributed by atoms with E-state index in [4.69, 9.17) is 16.7 Å². The fourth-order valence-electron chi connectivity index (χ4n) is 1.80. The molecule has 0 aliphatic carbocycles. The first-order valence-electron chi connectivity index (χ1n) is 6.02. The number of rotatable bonds is 4. The Morgan fingerprint density at radius 2 is 1.62 bits per heavy atom. The van der Waals surface area contributed by atoms with Crippen molar-refractivity contribution in [1.82, 2.24) is 0 Å². The van der Waals surface area contributed by atoms with E-state index in [9.17, 15) is 14.7 Å². The molecule has 2 N–H and O–H groups in total. The monoisotopic (exact) mass is 302 g/mol. The molecule has 0 spiro atoms. The molecule has 2 aromatic rings. The van der Waals surface area contributed by atoms with Crippen LogP contribution in [0, 0.1) is 0 Å². The Labute approximate surface area is 125 Å². The van der Waals surface area contributed by atoms with Gasteiger partial charge in [-0.05, 0) is 18.2 Å². The quantitative estimate of drug-likeness (QED) is 0.511. The molecular weight excluding hydrogens is 292 g/mol. The van der Waals surface area contributed by atoms with Crippen molar-refractivity contribution < 1.29 is 19.8 Å². The number of halogens is 1. The SMILES string of the molecule is O=C(O)c1cc(Cl)ccc1C(=O)C=C(O)c1ccccc1. The second-order valence-corrected chi connectivity index (χ2v) is 4.69. The standard InChI is InChI=1S/C16H11ClO4/c17-11-6-7-12(13(8-11)16(20)21)15(19)9-14(18)10-4-2-1-3-5-10/h1-9,18H,(H,20,21). The van der Waals surface area contributed by atoms with Crippen LogP contribution in [0.15, 0.2) is 54.6 Å². The number of carboxylic acid groups (broad SMARTS) is 1. The average molecular weight is 303 g/mol. The molecule has 0 aromatic heterocycles. The molecule has 0 aliphatic rings. The van der Waals surface area contributed by atoms with E-state index in [0.29, 0.717) is 5.56 Å². The van der Waals surface area contributed by atoms with Crippen molar-refractivity contribution in [3.63, 3.8) is 0 Å². The molecule has 0 saturated carbocycles. The highest BCUT2D eigenvalue weighted by Gasteiger charge is 2.16. The van der Waals surface area contributed by atoms with Crippen molar-refractivity contribution in [2.45, 2.75) is 0 Å². The maximum Gasteiger partial charge on any atom is 0.336 e. The number of hydrogen-bond donors (Lipinski definition) is 2. The summed E-state index contributed by atoms with van der Waals surface area (Å²) in [5.41, 5.74) is 0.232. The number of carbonyl (C=O) groups excluding carboxylic acids is 1. The fourth-order valence-corrected chi connectivity index (χ4v) is 1.97. The molecule has 0 unspecified atom stereocenters. The largest absolute Gasteiger partial charge is 0.507 e. The molecular formula is C16H11ClO4. The zero-order chi connectivity index (χ0) is 15.4. The average Bonchev–Trinajstić information content (AvgIpc) is 2.47. The Bertz CT molecular complexity index is 720. The van der Waals surface area contributed by atoms with Gasteiger partial charge in [-0.2, -0.15) is 0 Å². The highest BCUT2D eigenvalue weighted by molar-refractivity contribution is 6.31. The highest BCUT2D eigenvalue weighted by atomic mass is 35.5. The van der Waals surface area contributed by atoms with Crippen LogP contribution in [0.2, 0.25) is 5.02 Å². The van der Waals surface area contributed by atoms with E-state index >= 15 is 0 Å². The minimum atomic E-state index is -1.26. The lowest BCUT2D eigenvalue weighted by atomic mass is 10.0. The Morgan fingerprint density at radius 1 is 0.952 bits per heavy atom. The van der Waals surface area contributed by atoms with E-state index in [-0.39, 0.29) is 21.9 Å². The van der Waals surface area contributed by atoms with Gasteiger partial charge in [0.25, 0.3) is 0 Å². The topological polar surface area (TPSA) is 74.6 Å². The highest BCUT2D eigenvalue weighted by Crippen LogP contribution is 2.19. The molecule has 2 rings (SSSR count). The van der Waals surface area contributed by atoms with Crippen LogP contribution in [0.5, 0.6) is 0 Å². The van der Waals surface area contributed by atoms with E-state index < -0.39 is 11.8 Å². The maximum atomic E-state index is 12.1. The summed E-state index contributed by atoms with van der Waals surface area (Å²) in [6.45, 7) is 0. The number of carbonyl (C=O) groups is 2.